The Morgan fingerprint density at radius 1 is 1.03 bits per heavy atom. The zero-order valence-electron chi connectivity index (χ0n) is 22.3. The van der Waals surface area contributed by atoms with E-state index in [-0.39, 0.29) is 25.0 Å². The number of carbonyl (C=O) groups excluding carboxylic acids is 2. The Hall–Kier alpha value is -3.26. The number of benzene rings is 3. The largest absolute Gasteiger partial charge is 0.459 e. The Morgan fingerprint density at radius 2 is 1.72 bits per heavy atom. The molecule has 202 valence electrons. The van der Waals surface area contributed by atoms with Crippen LogP contribution < -0.4 is 10.6 Å². The predicted molar refractivity (Wildman–Crippen MR) is 160 cm³/mol. The van der Waals surface area contributed by atoms with Gasteiger partial charge in [-0.15, -0.1) is 0 Å². The summed E-state index contributed by atoms with van der Waals surface area (Å²) in [6.45, 7) is 7.53. The number of aromatic nitrogens is 1. The SMILES string of the molecule is Cc1c(-c2ccccc2)nc2ccc(Br)cc2c1C(=O)NCC(NCC(=O)OC(C)(C)C)c1ccccc1Cl. The van der Waals surface area contributed by atoms with Gasteiger partial charge in [-0.3, -0.25) is 14.9 Å². The van der Waals surface area contributed by atoms with Gasteiger partial charge < -0.3 is 10.1 Å². The van der Waals surface area contributed by atoms with E-state index in [1.54, 1.807) is 6.07 Å². The normalized spacial score (nSPS) is 12.3. The lowest BCUT2D eigenvalue weighted by molar-refractivity contribution is -0.153. The first-order valence-corrected chi connectivity index (χ1v) is 13.8. The third-order valence-electron chi connectivity index (χ3n) is 6.12. The number of nitrogens with zero attached hydrogens (tertiary/aromatic N) is 1. The monoisotopic (exact) mass is 607 g/mol. The molecule has 1 heterocycles. The maximum Gasteiger partial charge on any atom is 0.320 e. The van der Waals surface area contributed by atoms with Gasteiger partial charge >= 0.3 is 5.97 Å². The summed E-state index contributed by atoms with van der Waals surface area (Å²) in [6, 6.07) is 22.5. The van der Waals surface area contributed by atoms with E-state index < -0.39 is 11.6 Å². The van der Waals surface area contributed by atoms with Crippen LogP contribution in [0.15, 0.2) is 77.3 Å². The lowest BCUT2D eigenvalue weighted by Crippen LogP contribution is -2.39. The lowest BCUT2D eigenvalue weighted by Gasteiger charge is -2.23. The third-order valence-corrected chi connectivity index (χ3v) is 6.96. The molecule has 3 aromatic carbocycles. The quantitative estimate of drug-likeness (QED) is 0.210. The number of hydrogen-bond donors (Lipinski definition) is 2. The fourth-order valence-corrected chi connectivity index (χ4v) is 5.05. The van der Waals surface area contributed by atoms with Crippen LogP contribution >= 0.6 is 27.5 Å². The molecule has 4 aromatic rings. The Balaban J connectivity index is 1.65. The molecule has 0 spiro atoms. The van der Waals surface area contributed by atoms with E-state index in [1.807, 2.05) is 94.4 Å². The first-order valence-electron chi connectivity index (χ1n) is 12.7. The molecule has 2 N–H and O–H groups in total. The number of amides is 1. The fraction of sp³-hybridized carbons (Fsp3) is 0.258. The summed E-state index contributed by atoms with van der Waals surface area (Å²) in [7, 11) is 0. The zero-order valence-corrected chi connectivity index (χ0v) is 24.7. The van der Waals surface area contributed by atoms with E-state index in [0.29, 0.717) is 10.6 Å². The van der Waals surface area contributed by atoms with Gasteiger partial charge in [-0.25, -0.2) is 4.98 Å². The minimum Gasteiger partial charge on any atom is -0.459 e. The molecule has 0 aliphatic rings. The van der Waals surface area contributed by atoms with Crippen molar-refractivity contribution in [3.8, 4) is 11.3 Å². The summed E-state index contributed by atoms with van der Waals surface area (Å²) >= 11 is 10.0. The van der Waals surface area contributed by atoms with Crippen LogP contribution in [0.3, 0.4) is 0 Å². The third kappa shape index (κ3) is 7.24. The Labute approximate surface area is 242 Å². The minimum absolute atomic E-state index is 0.0364. The van der Waals surface area contributed by atoms with E-state index >= 15 is 0 Å². The van der Waals surface area contributed by atoms with Gasteiger partial charge in [0.1, 0.15) is 5.60 Å². The van der Waals surface area contributed by atoms with Crippen molar-refractivity contribution in [3.05, 3.63) is 99.0 Å². The van der Waals surface area contributed by atoms with E-state index in [1.165, 1.54) is 0 Å². The summed E-state index contributed by atoms with van der Waals surface area (Å²) < 4.78 is 6.30. The molecule has 0 saturated heterocycles. The second-order valence-electron chi connectivity index (χ2n) is 10.2. The van der Waals surface area contributed by atoms with Gasteiger partial charge in [-0.05, 0) is 63.1 Å². The number of nitrogens with one attached hydrogen (secondary N) is 2. The highest BCUT2D eigenvalue weighted by Crippen LogP contribution is 2.31. The Morgan fingerprint density at radius 3 is 2.41 bits per heavy atom. The second kappa shape index (κ2) is 12.3. The maximum absolute atomic E-state index is 13.8. The van der Waals surface area contributed by atoms with Crippen LogP contribution in [-0.4, -0.2) is 35.6 Å². The molecular weight excluding hydrogens is 578 g/mol. The highest BCUT2D eigenvalue weighted by Gasteiger charge is 2.23. The van der Waals surface area contributed by atoms with Crippen molar-refractivity contribution >= 4 is 50.3 Å². The van der Waals surface area contributed by atoms with Crippen LogP contribution in [0, 0.1) is 6.92 Å². The average molecular weight is 609 g/mol. The number of pyridine rings is 1. The fourth-order valence-electron chi connectivity index (χ4n) is 4.42. The van der Waals surface area contributed by atoms with Crippen molar-refractivity contribution in [3.63, 3.8) is 0 Å². The number of fused-ring (bicyclic) bond motifs is 1. The van der Waals surface area contributed by atoms with E-state index in [4.69, 9.17) is 21.3 Å². The number of halogens is 2. The molecule has 0 fully saturated rings. The molecule has 8 heteroatoms. The van der Waals surface area contributed by atoms with E-state index in [2.05, 4.69) is 26.6 Å². The molecule has 39 heavy (non-hydrogen) atoms. The summed E-state index contributed by atoms with van der Waals surface area (Å²) in [6.07, 6.45) is 0. The van der Waals surface area contributed by atoms with Gasteiger partial charge in [0.25, 0.3) is 5.91 Å². The standard InChI is InChI=1S/C31H31BrClN3O3/c1-19-28(23-16-21(32)14-15-25(23)36-29(19)20-10-6-5-7-11-20)30(38)35-17-26(22-12-8-9-13-24(22)33)34-18-27(37)39-31(2,3)4/h5-16,26,34H,17-18H2,1-4H3,(H,35,38). The van der Waals surface area contributed by atoms with Crippen molar-refractivity contribution in [1.82, 2.24) is 15.6 Å². The molecule has 0 bridgehead atoms. The maximum atomic E-state index is 13.8. The smallest absolute Gasteiger partial charge is 0.320 e. The van der Waals surface area contributed by atoms with Crippen molar-refractivity contribution in [2.24, 2.45) is 0 Å². The summed E-state index contributed by atoms with van der Waals surface area (Å²) in [4.78, 5) is 31.1. The minimum atomic E-state index is -0.600. The molecule has 1 atom stereocenters. The van der Waals surface area contributed by atoms with Gasteiger partial charge in [0.2, 0.25) is 0 Å². The summed E-state index contributed by atoms with van der Waals surface area (Å²) in [5.74, 6) is -0.634. The molecule has 0 radical (unpaired) electrons. The number of hydrogen-bond acceptors (Lipinski definition) is 5. The molecular formula is C31H31BrClN3O3. The molecule has 0 saturated carbocycles. The molecule has 1 aromatic heterocycles. The van der Waals surface area contributed by atoms with Crippen LogP contribution in [0.1, 0.15) is 48.3 Å². The average Bonchev–Trinajstić information content (AvgIpc) is 2.88. The molecule has 0 aliphatic carbocycles. The number of ether oxygens (including phenoxy) is 1. The topological polar surface area (TPSA) is 80.3 Å². The highest BCUT2D eigenvalue weighted by atomic mass is 79.9. The van der Waals surface area contributed by atoms with Gasteiger partial charge in [0.05, 0.1) is 29.4 Å². The van der Waals surface area contributed by atoms with Crippen molar-refractivity contribution in [1.29, 1.82) is 0 Å². The van der Waals surface area contributed by atoms with Crippen LogP contribution in [0.25, 0.3) is 22.2 Å². The van der Waals surface area contributed by atoms with Crippen molar-refractivity contribution in [2.75, 3.05) is 13.1 Å². The highest BCUT2D eigenvalue weighted by molar-refractivity contribution is 9.10. The first-order chi connectivity index (χ1) is 18.5. The van der Waals surface area contributed by atoms with Gasteiger partial charge in [-0.1, -0.05) is 76.1 Å². The predicted octanol–water partition coefficient (Wildman–Crippen LogP) is 7.03. The van der Waals surface area contributed by atoms with Crippen molar-refractivity contribution < 1.29 is 14.3 Å². The van der Waals surface area contributed by atoms with Gasteiger partial charge in [0, 0.05) is 27.0 Å². The molecule has 0 aliphatic heterocycles. The Kier molecular flexibility index (Phi) is 9.05. The van der Waals surface area contributed by atoms with Gasteiger partial charge in [0.15, 0.2) is 0 Å². The van der Waals surface area contributed by atoms with Crippen LogP contribution in [0.2, 0.25) is 5.02 Å². The van der Waals surface area contributed by atoms with E-state index in [9.17, 15) is 9.59 Å². The number of esters is 1. The summed E-state index contributed by atoms with van der Waals surface area (Å²) in [5, 5.41) is 7.57. The van der Waals surface area contributed by atoms with Gasteiger partial charge in [-0.2, -0.15) is 0 Å². The summed E-state index contributed by atoms with van der Waals surface area (Å²) in [5.41, 5.74) is 3.90. The molecule has 1 unspecified atom stereocenters. The van der Waals surface area contributed by atoms with E-state index in [0.717, 1.165) is 37.8 Å². The zero-order chi connectivity index (χ0) is 28.2. The molecule has 1 amide bonds. The van der Waals surface area contributed by atoms with Crippen molar-refractivity contribution in [2.45, 2.75) is 39.3 Å². The second-order valence-corrected chi connectivity index (χ2v) is 11.6. The number of rotatable bonds is 8. The Bertz CT molecular complexity index is 1500. The molecule has 6 nitrogen and oxygen atoms in total. The van der Waals surface area contributed by atoms with Crippen LogP contribution in [-0.2, 0) is 9.53 Å². The number of carbonyl (C=O) groups is 2. The van der Waals surface area contributed by atoms with Crippen LogP contribution in [0.4, 0.5) is 0 Å². The van der Waals surface area contributed by atoms with Crippen LogP contribution in [0.5, 0.6) is 0 Å². The lowest BCUT2D eigenvalue weighted by atomic mass is 9.97. The molecule has 4 rings (SSSR count). The first kappa shape index (κ1) is 28.7.